The molecule has 0 fully saturated rings. The average Bonchev–Trinajstić information content (AvgIpc) is 2.21. The van der Waals surface area contributed by atoms with Crippen LogP contribution in [0.1, 0.15) is 24.1 Å². The van der Waals surface area contributed by atoms with Gasteiger partial charge in [-0.3, -0.25) is 0 Å². The molecule has 1 rings (SSSR count). The summed E-state index contributed by atoms with van der Waals surface area (Å²) < 4.78 is 12.9. The van der Waals surface area contributed by atoms with Crippen molar-refractivity contribution in [2.45, 2.75) is 19.9 Å². The van der Waals surface area contributed by atoms with E-state index in [4.69, 9.17) is 0 Å². The number of rotatable bonds is 5. The van der Waals surface area contributed by atoms with Crippen LogP contribution >= 0.6 is 11.8 Å². The highest BCUT2D eigenvalue weighted by atomic mass is 32.2. The normalized spacial score (nSPS) is 12.8. The Morgan fingerprint density at radius 1 is 1.47 bits per heavy atom. The minimum atomic E-state index is -0.158. The number of aryl methyl sites for hydroxylation is 1. The zero-order valence-electron chi connectivity index (χ0n) is 9.51. The van der Waals surface area contributed by atoms with E-state index in [0.29, 0.717) is 6.04 Å². The number of thioether (sulfide) groups is 1. The SMILES string of the molecule is CCSCC(NC)c1ccc(F)cc1C. The van der Waals surface area contributed by atoms with Crippen molar-refractivity contribution in [2.24, 2.45) is 0 Å². The second-order valence-corrected chi connectivity index (χ2v) is 4.82. The van der Waals surface area contributed by atoms with Crippen LogP contribution in [-0.4, -0.2) is 18.6 Å². The average molecular weight is 227 g/mol. The van der Waals surface area contributed by atoms with E-state index >= 15 is 0 Å². The van der Waals surface area contributed by atoms with Gasteiger partial charge in [0.25, 0.3) is 0 Å². The second-order valence-electron chi connectivity index (χ2n) is 3.50. The van der Waals surface area contributed by atoms with Crippen LogP contribution in [0.25, 0.3) is 0 Å². The number of halogens is 1. The third kappa shape index (κ3) is 3.50. The molecule has 1 nitrogen and oxygen atoms in total. The number of hydrogen-bond donors (Lipinski definition) is 1. The van der Waals surface area contributed by atoms with Crippen LogP contribution in [0.2, 0.25) is 0 Å². The lowest BCUT2D eigenvalue weighted by molar-refractivity contribution is 0.617. The van der Waals surface area contributed by atoms with Crippen LogP contribution in [0, 0.1) is 12.7 Å². The molecule has 0 aliphatic heterocycles. The molecule has 0 radical (unpaired) electrons. The van der Waals surface area contributed by atoms with E-state index in [1.54, 1.807) is 6.07 Å². The molecular weight excluding hydrogens is 209 g/mol. The van der Waals surface area contributed by atoms with Crippen LogP contribution in [-0.2, 0) is 0 Å². The van der Waals surface area contributed by atoms with Crippen LogP contribution in [0.5, 0.6) is 0 Å². The third-order valence-electron chi connectivity index (χ3n) is 2.44. The van der Waals surface area contributed by atoms with Gasteiger partial charge in [0.1, 0.15) is 5.82 Å². The molecule has 84 valence electrons. The number of nitrogens with one attached hydrogen (secondary N) is 1. The minimum absolute atomic E-state index is 0.158. The summed E-state index contributed by atoms with van der Waals surface area (Å²) in [5.74, 6) is 1.98. The third-order valence-corrected chi connectivity index (χ3v) is 3.42. The van der Waals surface area contributed by atoms with Crippen molar-refractivity contribution in [3.63, 3.8) is 0 Å². The summed E-state index contributed by atoms with van der Waals surface area (Å²) in [7, 11) is 1.95. The molecule has 3 heteroatoms. The Morgan fingerprint density at radius 2 is 2.20 bits per heavy atom. The van der Waals surface area contributed by atoms with Crippen molar-refractivity contribution < 1.29 is 4.39 Å². The van der Waals surface area contributed by atoms with E-state index in [1.807, 2.05) is 31.8 Å². The molecule has 1 aromatic carbocycles. The quantitative estimate of drug-likeness (QED) is 0.829. The van der Waals surface area contributed by atoms with Crippen LogP contribution < -0.4 is 5.32 Å². The standard InChI is InChI=1S/C12H18FNS/c1-4-15-8-12(14-3)11-6-5-10(13)7-9(11)2/h5-7,12,14H,4,8H2,1-3H3. The first kappa shape index (κ1) is 12.5. The Labute approximate surface area is 95.5 Å². The molecule has 0 spiro atoms. The molecule has 1 N–H and O–H groups in total. The lowest BCUT2D eigenvalue weighted by atomic mass is 10.0. The molecule has 0 aromatic heterocycles. The molecule has 0 aliphatic rings. The molecule has 0 aliphatic carbocycles. The van der Waals surface area contributed by atoms with Gasteiger partial charge in [0.2, 0.25) is 0 Å². The molecule has 0 heterocycles. The van der Waals surface area contributed by atoms with E-state index in [9.17, 15) is 4.39 Å². The molecule has 0 amide bonds. The fourth-order valence-electron chi connectivity index (χ4n) is 1.59. The van der Waals surface area contributed by atoms with Gasteiger partial charge in [-0.15, -0.1) is 0 Å². The molecule has 0 saturated heterocycles. The highest BCUT2D eigenvalue weighted by Gasteiger charge is 2.11. The van der Waals surface area contributed by atoms with Crippen molar-refractivity contribution in [3.05, 3.63) is 35.1 Å². The van der Waals surface area contributed by atoms with Crippen molar-refractivity contribution >= 4 is 11.8 Å². The Bertz CT molecular complexity index is 314. The summed E-state index contributed by atoms with van der Waals surface area (Å²) >= 11 is 1.89. The molecular formula is C12H18FNS. The fourth-order valence-corrected chi connectivity index (χ4v) is 2.41. The van der Waals surface area contributed by atoms with E-state index in [1.165, 1.54) is 11.6 Å². The van der Waals surface area contributed by atoms with Gasteiger partial charge >= 0.3 is 0 Å². The first-order valence-corrected chi connectivity index (χ1v) is 6.35. The minimum Gasteiger partial charge on any atom is -0.312 e. The molecule has 1 aromatic rings. The van der Waals surface area contributed by atoms with E-state index in [-0.39, 0.29) is 5.82 Å². The topological polar surface area (TPSA) is 12.0 Å². The lowest BCUT2D eigenvalue weighted by Crippen LogP contribution is -2.19. The summed E-state index contributed by atoms with van der Waals surface area (Å²) in [6.45, 7) is 4.11. The molecule has 1 unspecified atom stereocenters. The highest BCUT2D eigenvalue weighted by molar-refractivity contribution is 7.99. The Hall–Kier alpha value is -0.540. The van der Waals surface area contributed by atoms with Gasteiger partial charge in [0.05, 0.1) is 0 Å². The monoisotopic (exact) mass is 227 g/mol. The zero-order chi connectivity index (χ0) is 11.3. The first-order valence-electron chi connectivity index (χ1n) is 5.20. The smallest absolute Gasteiger partial charge is 0.123 e. The van der Waals surface area contributed by atoms with Gasteiger partial charge in [0, 0.05) is 11.8 Å². The molecule has 1 atom stereocenters. The number of hydrogen-bond acceptors (Lipinski definition) is 2. The summed E-state index contributed by atoms with van der Waals surface area (Å²) in [5.41, 5.74) is 2.21. The highest BCUT2D eigenvalue weighted by Crippen LogP contribution is 2.21. The zero-order valence-corrected chi connectivity index (χ0v) is 10.3. The van der Waals surface area contributed by atoms with Crippen LogP contribution in [0.15, 0.2) is 18.2 Å². The Kier molecular flexibility index (Phi) is 5.12. The van der Waals surface area contributed by atoms with Crippen LogP contribution in [0.4, 0.5) is 4.39 Å². The van der Waals surface area contributed by atoms with Crippen molar-refractivity contribution in [1.82, 2.24) is 5.32 Å². The fraction of sp³-hybridized carbons (Fsp3) is 0.500. The molecule has 0 saturated carbocycles. The number of benzene rings is 1. The summed E-state index contributed by atoms with van der Waals surface area (Å²) in [6, 6.07) is 5.32. The van der Waals surface area contributed by atoms with Gasteiger partial charge in [-0.1, -0.05) is 13.0 Å². The predicted molar refractivity (Wildman–Crippen MR) is 65.9 cm³/mol. The molecule has 0 bridgehead atoms. The second kappa shape index (κ2) is 6.13. The first-order chi connectivity index (χ1) is 7.19. The van der Waals surface area contributed by atoms with Gasteiger partial charge < -0.3 is 5.32 Å². The maximum Gasteiger partial charge on any atom is 0.123 e. The summed E-state index contributed by atoms with van der Waals surface area (Å²) in [5, 5.41) is 3.27. The lowest BCUT2D eigenvalue weighted by Gasteiger charge is -2.18. The summed E-state index contributed by atoms with van der Waals surface area (Å²) in [4.78, 5) is 0. The van der Waals surface area contributed by atoms with Crippen LogP contribution in [0.3, 0.4) is 0 Å². The van der Waals surface area contributed by atoms with Gasteiger partial charge in [-0.05, 0) is 43.0 Å². The van der Waals surface area contributed by atoms with E-state index in [2.05, 4.69) is 12.2 Å². The predicted octanol–water partition coefficient (Wildman–Crippen LogP) is 3.15. The van der Waals surface area contributed by atoms with Gasteiger partial charge in [0.15, 0.2) is 0 Å². The van der Waals surface area contributed by atoms with Gasteiger partial charge in [-0.2, -0.15) is 11.8 Å². The van der Waals surface area contributed by atoms with E-state index < -0.39 is 0 Å². The maximum atomic E-state index is 12.9. The van der Waals surface area contributed by atoms with E-state index in [0.717, 1.165) is 17.1 Å². The van der Waals surface area contributed by atoms with Gasteiger partial charge in [-0.25, -0.2) is 4.39 Å². The van der Waals surface area contributed by atoms with Crippen molar-refractivity contribution in [2.75, 3.05) is 18.6 Å². The maximum absolute atomic E-state index is 12.9. The Morgan fingerprint density at radius 3 is 2.73 bits per heavy atom. The van der Waals surface area contributed by atoms with Crippen molar-refractivity contribution in [3.8, 4) is 0 Å². The Balaban J connectivity index is 2.81. The summed E-state index contributed by atoms with van der Waals surface area (Å²) in [6.07, 6.45) is 0. The largest absolute Gasteiger partial charge is 0.312 e. The van der Waals surface area contributed by atoms with Crippen molar-refractivity contribution in [1.29, 1.82) is 0 Å². The molecule has 15 heavy (non-hydrogen) atoms.